The van der Waals surface area contributed by atoms with Gasteiger partial charge in [0.05, 0.1) is 6.61 Å². The van der Waals surface area contributed by atoms with Gasteiger partial charge in [0.1, 0.15) is 17.3 Å². The number of ether oxygens (including phenoxy) is 1. The lowest BCUT2D eigenvalue weighted by Gasteiger charge is -2.18. The first kappa shape index (κ1) is 13.9. The number of amidine groups is 1. The lowest BCUT2D eigenvalue weighted by atomic mass is 10.1. The Labute approximate surface area is 125 Å². The van der Waals surface area contributed by atoms with Gasteiger partial charge in [-0.3, -0.25) is 4.79 Å². The van der Waals surface area contributed by atoms with Gasteiger partial charge in [-0.25, -0.2) is 0 Å². The van der Waals surface area contributed by atoms with Crippen LogP contribution in [0.4, 0.5) is 0 Å². The summed E-state index contributed by atoms with van der Waals surface area (Å²) in [7, 11) is 0. The van der Waals surface area contributed by atoms with E-state index >= 15 is 0 Å². The second kappa shape index (κ2) is 6.12. The number of carbonyl (C=O) groups excluding carboxylic acids is 1. The topological polar surface area (TPSA) is 41.9 Å². The van der Waals surface area contributed by atoms with Crippen LogP contribution >= 0.6 is 0 Å². The van der Waals surface area contributed by atoms with Crippen molar-refractivity contribution >= 4 is 17.8 Å². The standard InChI is InChI=1S/C17H20N2O2/c1-2-21-14-9-7-13(8-10-14)12-15-17(20)18-16-6-4-3-5-11-19(15)16/h7-10,12H,2-6,11H2,1H3/b15-12-. The highest BCUT2D eigenvalue weighted by molar-refractivity contribution is 6.13. The van der Waals surface area contributed by atoms with E-state index in [0.717, 1.165) is 43.0 Å². The predicted octanol–water partition coefficient (Wildman–Crippen LogP) is 3.24. The molecular weight excluding hydrogens is 264 g/mol. The maximum Gasteiger partial charge on any atom is 0.295 e. The zero-order valence-corrected chi connectivity index (χ0v) is 12.3. The first-order valence-corrected chi connectivity index (χ1v) is 7.62. The minimum Gasteiger partial charge on any atom is -0.494 e. The fourth-order valence-corrected chi connectivity index (χ4v) is 2.78. The lowest BCUT2D eigenvalue weighted by Crippen LogP contribution is -2.26. The average Bonchev–Trinajstić information content (AvgIpc) is 2.66. The molecule has 2 aliphatic rings. The third-order valence-corrected chi connectivity index (χ3v) is 3.83. The van der Waals surface area contributed by atoms with Gasteiger partial charge in [-0.1, -0.05) is 18.6 Å². The van der Waals surface area contributed by atoms with Crippen molar-refractivity contribution in [1.29, 1.82) is 0 Å². The van der Waals surface area contributed by atoms with Crippen LogP contribution in [-0.4, -0.2) is 29.8 Å². The maximum atomic E-state index is 12.1. The molecule has 4 heteroatoms. The maximum absolute atomic E-state index is 12.1. The first-order chi connectivity index (χ1) is 10.3. The molecule has 1 amide bonds. The summed E-state index contributed by atoms with van der Waals surface area (Å²) in [6.45, 7) is 3.52. The Balaban J connectivity index is 1.83. The Morgan fingerprint density at radius 2 is 2.05 bits per heavy atom. The van der Waals surface area contributed by atoms with Gasteiger partial charge in [-0.05, 0) is 43.5 Å². The van der Waals surface area contributed by atoms with Crippen molar-refractivity contribution in [2.75, 3.05) is 13.2 Å². The molecule has 0 radical (unpaired) electrons. The molecule has 21 heavy (non-hydrogen) atoms. The molecule has 1 aromatic carbocycles. The van der Waals surface area contributed by atoms with Gasteiger partial charge in [0, 0.05) is 13.0 Å². The van der Waals surface area contributed by atoms with E-state index in [1.165, 1.54) is 6.42 Å². The number of rotatable bonds is 3. The SMILES string of the molecule is CCOc1ccc(/C=C2/C(=O)N=C3CCCCCN32)cc1. The molecule has 0 bridgehead atoms. The van der Waals surface area contributed by atoms with E-state index in [1.807, 2.05) is 37.3 Å². The summed E-state index contributed by atoms with van der Waals surface area (Å²) in [5.41, 5.74) is 1.71. The number of fused-ring (bicyclic) bond motifs is 1. The molecule has 3 rings (SSSR count). The molecule has 0 aliphatic carbocycles. The monoisotopic (exact) mass is 284 g/mol. The van der Waals surface area contributed by atoms with Crippen LogP contribution < -0.4 is 4.74 Å². The Bertz CT molecular complexity index is 587. The van der Waals surface area contributed by atoms with E-state index in [1.54, 1.807) is 0 Å². The number of carbonyl (C=O) groups is 1. The molecule has 0 N–H and O–H groups in total. The van der Waals surface area contributed by atoms with Crippen LogP contribution in [0.3, 0.4) is 0 Å². The highest BCUT2D eigenvalue weighted by atomic mass is 16.5. The number of aliphatic imine (C=N–C) groups is 1. The molecule has 0 aromatic heterocycles. The van der Waals surface area contributed by atoms with E-state index in [4.69, 9.17) is 4.74 Å². The van der Waals surface area contributed by atoms with Crippen molar-refractivity contribution in [1.82, 2.24) is 4.90 Å². The fraction of sp³-hybridized carbons (Fsp3) is 0.412. The van der Waals surface area contributed by atoms with E-state index in [-0.39, 0.29) is 5.91 Å². The molecule has 4 nitrogen and oxygen atoms in total. The Morgan fingerprint density at radius 1 is 1.24 bits per heavy atom. The highest BCUT2D eigenvalue weighted by Gasteiger charge is 2.29. The molecule has 2 aliphatic heterocycles. The van der Waals surface area contributed by atoms with Crippen LogP contribution in [0, 0.1) is 0 Å². The zero-order valence-electron chi connectivity index (χ0n) is 12.3. The van der Waals surface area contributed by atoms with Gasteiger partial charge in [0.2, 0.25) is 0 Å². The van der Waals surface area contributed by atoms with Crippen molar-refractivity contribution in [2.24, 2.45) is 4.99 Å². The van der Waals surface area contributed by atoms with E-state index in [9.17, 15) is 4.79 Å². The normalized spacial score (nSPS) is 20.2. The number of amides is 1. The Hall–Kier alpha value is -2.10. The van der Waals surface area contributed by atoms with Crippen LogP contribution in [0.25, 0.3) is 6.08 Å². The van der Waals surface area contributed by atoms with E-state index in [0.29, 0.717) is 12.3 Å². The third-order valence-electron chi connectivity index (χ3n) is 3.83. The summed E-state index contributed by atoms with van der Waals surface area (Å²) < 4.78 is 5.43. The summed E-state index contributed by atoms with van der Waals surface area (Å²) >= 11 is 0. The Morgan fingerprint density at radius 3 is 2.81 bits per heavy atom. The van der Waals surface area contributed by atoms with Crippen LogP contribution in [0.5, 0.6) is 5.75 Å². The molecule has 0 atom stereocenters. The van der Waals surface area contributed by atoms with E-state index < -0.39 is 0 Å². The Kier molecular flexibility index (Phi) is 4.04. The van der Waals surface area contributed by atoms with E-state index in [2.05, 4.69) is 9.89 Å². The lowest BCUT2D eigenvalue weighted by molar-refractivity contribution is -0.114. The minimum atomic E-state index is -0.110. The molecule has 1 saturated heterocycles. The summed E-state index contributed by atoms with van der Waals surface area (Å²) in [5, 5.41) is 0. The average molecular weight is 284 g/mol. The summed E-state index contributed by atoms with van der Waals surface area (Å²) in [6, 6.07) is 7.81. The van der Waals surface area contributed by atoms with Crippen LogP contribution in [0.2, 0.25) is 0 Å². The molecule has 0 unspecified atom stereocenters. The minimum absolute atomic E-state index is 0.110. The third kappa shape index (κ3) is 2.99. The zero-order chi connectivity index (χ0) is 14.7. The summed E-state index contributed by atoms with van der Waals surface area (Å²) in [6.07, 6.45) is 6.29. The quantitative estimate of drug-likeness (QED) is 0.800. The summed E-state index contributed by atoms with van der Waals surface area (Å²) in [4.78, 5) is 18.4. The molecule has 0 spiro atoms. The molecule has 1 fully saturated rings. The van der Waals surface area contributed by atoms with Crippen LogP contribution in [0.1, 0.15) is 38.2 Å². The smallest absolute Gasteiger partial charge is 0.295 e. The largest absolute Gasteiger partial charge is 0.494 e. The van der Waals surface area contributed by atoms with Crippen molar-refractivity contribution in [2.45, 2.75) is 32.6 Å². The fourth-order valence-electron chi connectivity index (χ4n) is 2.78. The van der Waals surface area contributed by atoms with Crippen LogP contribution in [0.15, 0.2) is 35.0 Å². The van der Waals surface area contributed by atoms with Crippen molar-refractivity contribution in [3.8, 4) is 5.75 Å². The van der Waals surface area contributed by atoms with Gasteiger partial charge < -0.3 is 9.64 Å². The van der Waals surface area contributed by atoms with Crippen LogP contribution in [-0.2, 0) is 4.79 Å². The molecule has 110 valence electrons. The van der Waals surface area contributed by atoms with Crippen molar-refractivity contribution < 1.29 is 9.53 Å². The number of benzene rings is 1. The van der Waals surface area contributed by atoms with Crippen molar-refractivity contribution in [3.05, 3.63) is 35.5 Å². The predicted molar refractivity (Wildman–Crippen MR) is 83.2 cm³/mol. The summed E-state index contributed by atoms with van der Waals surface area (Å²) in [5.74, 6) is 1.68. The number of hydrogen-bond donors (Lipinski definition) is 0. The number of nitrogens with zero attached hydrogens (tertiary/aromatic N) is 2. The molecule has 0 saturated carbocycles. The number of hydrogen-bond acceptors (Lipinski definition) is 3. The molecular formula is C17H20N2O2. The second-order valence-electron chi connectivity index (χ2n) is 5.33. The van der Waals surface area contributed by atoms with Gasteiger partial charge in [-0.15, -0.1) is 0 Å². The molecule has 2 heterocycles. The van der Waals surface area contributed by atoms with Gasteiger partial charge in [-0.2, -0.15) is 4.99 Å². The van der Waals surface area contributed by atoms with Gasteiger partial charge >= 0.3 is 0 Å². The second-order valence-corrected chi connectivity index (χ2v) is 5.33. The molecule has 1 aromatic rings. The van der Waals surface area contributed by atoms with Gasteiger partial charge in [0.25, 0.3) is 5.91 Å². The van der Waals surface area contributed by atoms with Crippen molar-refractivity contribution in [3.63, 3.8) is 0 Å². The van der Waals surface area contributed by atoms with Gasteiger partial charge in [0.15, 0.2) is 0 Å². The highest BCUT2D eigenvalue weighted by Crippen LogP contribution is 2.25. The first-order valence-electron chi connectivity index (χ1n) is 7.62.